The first-order valence-corrected chi connectivity index (χ1v) is 11.5. The van der Waals surface area contributed by atoms with Gasteiger partial charge in [-0.1, -0.05) is 18.2 Å². The van der Waals surface area contributed by atoms with Crippen molar-refractivity contribution in [3.8, 4) is 0 Å². The largest absolute Gasteiger partial charge is 0.462 e. The third-order valence-electron chi connectivity index (χ3n) is 5.36. The Labute approximate surface area is 190 Å². The average molecular weight is 452 g/mol. The number of amides is 3. The maximum atomic E-state index is 12.9. The summed E-state index contributed by atoms with van der Waals surface area (Å²) >= 11 is 1.37. The zero-order valence-corrected chi connectivity index (χ0v) is 18.6. The number of carbonyl (C=O) groups is 3. The minimum Gasteiger partial charge on any atom is -0.462 e. The number of anilines is 2. The minimum atomic E-state index is -0.338. The summed E-state index contributed by atoms with van der Waals surface area (Å²) in [5.41, 5.74) is 1.40. The van der Waals surface area contributed by atoms with Crippen molar-refractivity contribution in [1.29, 1.82) is 0 Å². The number of urea groups is 1. The molecule has 0 spiro atoms. The Hall–Kier alpha value is -3.39. The minimum absolute atomic E-state index is 0.109. The quantitative estimate of drug-likeness (QED) is 0.537. The van der Waals surface area contributed by atoms with Gasteiger partial charge in [-0.05, 0) is 61.5 Å². The van der Waals surface area contributed by atoms with Gasteiger partial charge in [0.25, 0.3) is 0 Å². The summed E-state index contributed by atoms with van der Waals surface area (Å²) in [6.45, 7) is 3.10. The molecule has 1 unspecified atom stereocenters. The van der Waals surface area contributed by atoms with Gasteiger partial charge in [0.05, 0.1) is 12.5 Å². The monoisotopic (exact) mass is 451 g/mol. The van der Waals surface area contributed by atoms with Crippen molar-refractivity contribution in [2.24, 2.45) is 5.92 Å². The first kappa shape index (κ1) is 21.8. The highest BCUT2D eigenvalue weighted by Gasteiger charge is 2.28. The van der Waals surface area contributed by atoms with E-state index in [-0.39, 0.29) is 23.8 Å². The fraction of sp³-hybridized carbons (Fsp3) is 0.292. The summed E-state index contributed by atoms with van der Waals surface area (Å²) in [6, 6.07) is 16.4. The first-order chi connectivity index (χ1) is 15.5. The molecule has 0 saturated carbocycles. The van der Waals surface area contributed by atoms with Crippen molar-refractivity contribution in [3.63, 3.8) is 0 Å². The van der Waals surface area contributed by atoms with Crippen LogP contribution in [0.25, 0.3) is 10.1 Å². The number of nitrogens with zero attached hydrogens (tertiary/aromatic N) is 1. The molecule has 8 heteroatoms. The second-order valence-electron chi connectivity index (χ2n) is 7.65. The molecule has 2 N–H and O–H groups in total. The van der Waals surface area contributed by atoms with Gasteiger partial charge in [0.2, 0.25) is 5.91 Å². The first-order valence-electron chi connectivity index (χ1n) is 10.7. The molecule has 2 heterocycles. The third kappa shape index (κ3) is 5.08. The predicted octanol–water partition coefficient (Wildman–Crippen LogP) is 4.96. The van der Waals surface area contributed by atoms with Crippen LogP contribution in [0.3, 0.4) is 0 Å². The van der Waals surface area contributed by atoms with Crippen LogP contribution in [0, 0.1) is 5.92 Å². The lowest BCUT2D eigenvalue weighted by atomic mass is 9.97. The molecule has 2 aromatic carbocycles. The van der Waals surface area contributed by atoms with E-state index in [0.717, 1.165) is 28.6 Å². The van der Waals surface area contributed by atoms with E-state index in [2.05, 4.69) is 10.6 Å². The molecule has 1 aliphatic rings. The lowest BCUT2D eigenvalue weighted by Crippen LogP contribution is -2.45. The van der Waals surface area contributed by atoms with E-state index in [1.807, 2.05) is 48.5 Å². The normalized spacial score (nSPS) is 15.9. The van der Waals surface area contributed by atoms with Crippen LogP contribution in [0.15, 0.2) is 54.6 Å². The number of thiophene rings is 1. The summed E-state index contributed by atoms with van der Waals surface area (Å²) in [4.78, 5) is 39.7. The molecule has 0 bridgehead atoms. The van der Waals surface area contributed by atoms with E-state index >= 15 is 0 Å². The van der Waals surface area contributed by atoms with Crippen LogP contribution < -0.4 is 10.6 Å². The number of hydrogen-bond donors (Lipinski definition) is 2. The second kappa shape index (κ2) is 9.82. The number of hydrogen-bond acceptors (Lipinski definition) is 5. The number of likely N-dealkylation sites (tertiary alicyclic amines) is 1. The molecule has 4 rings (SSSR count). The molecule has 32 heavy (non-hydrogen) atoms. The van der Waals surface area contributed by atoms with E-state index in [9.17, 15) is 14.4 Å². The van der Waals surface area contributed by atoms with Gasteiger partial charge in [-0.15, -0.1) is 11.3 Å². The molecule has 166 valence electrons. The molecule has 1 saturated heterocycles. The molecule has 7 nitrogen and oxygen atoms in total. The van der Waals surface area contributed by atoms with Crippen molar-refractivity contribution < 1.29 is 19.1 Å². The number of esters is 1. The number of piperidine rings is 1. The smallest absolute Gasteiger partial charge is 0.348 e. The summed E-state index contributed by atoms with van der Waals surface area (Å²) in [6.07, 6.45) is 1.50. The van der Waals surface area contributed by atoms with Crippen molar-refractivity contribution >= 4 is 50.7 Å². The Balaban J connectivity index is 1.39. The van der Waals surface area contributed by atoms with Crippen LogP contribution in [0.4, 0.5) is 16.2 Å². The Morgan fingerprint density at radius 2 is 1.88 bits per heavy atom. The van der Waals surface area contributed by atoms with Gasteiger partial charge in [-0.3, -0.25) is 4.79 Å². The predicted molar refractivity (Wildman–Crippen MR) is 126 cm³/mol. The van der Waals surface area contributed by atoms with Crippen molar-refractivity contribution in [1.82, 2.24) is 4.90 Å². The van der Waals surface area contributed by atoms with Gasteiger partial charge in [0, 0.05) is 29.2 Å². The van der Waals surface area contributed by atoms with Crippen molar-refractivity contribution in [2.75, 3.05) is 30.3 Å². The SMILES string of the molecule is CCOC(=O)c1cc2cc(NC(=O)C3CCCN(C(=O)Nc4ccccc4)C3)ccc2s1. The topological polar surface area (TPSA) is 87.7 Å². The fourth-order valence-electron chi connectivity index (χ4n) is 3.77. The Morgan fingerprint density at radius 1 is 1.06 bits per heavy atom. The summed E-state index contributed by atoms with van der Waals surface area (Å²) in [5.74, 6) is -0.726. The molecule has 3 amide bonds. The Kier molecular flexibility index (Phi) is 6.70. The Morgan fingerprint density at radius 3 is 2.66 bits per heavy atom. The van der Waals surface area contributed by atoms with Crippen LogP contribution in [-0.4, -0.2) is 42.5 Å². The molecule has 1 aliphatic heterocycles. The van der Waals surface area contributed by atoms with Gasteiger partial charge in [0.15, 0.2) is 0 Å². The highest BCUT2D eigenvalue weighted by Crippen LogP contribution is 2.29. The number of carbonyl (C=O) groups excluding carboxylic acids is 3. The lowest BCUT2D eigenvalue weighted by Gasteiger charge is -2.32. The highest BCUT2D eigenvalue weighted by atomic mass is 32.1. The molecule has 1 fully saturated rings. The summed E-state index contributed by atoms with van der Waals surface area (Å²) in [7, 11) is 0. The van der Waals surface area contributed by atoms with Gasteiger partial charge in [-0.2, -0.15) is 0 Å². The van der Waals surface area contributed by atoms with E-state index in [0.29, 0.717) is 30.3 Å². The number of para-hydroxylation sites is 1. The number of fused-ring (bicyclic) bond motifs is 1. The second-order valence-corrected chi connectivity index (χ2v) is 8.74. The third-order valence-corrected chi connectivity index (χ3v) is 6.46. The molecule has 0 aliphatic carbocycles. The Bertz CT molecular complexity index is 1130. The number of rotatable bonds is 5. The molecule has 1 aromatic heterocycles. The molecule has 1 atom stereocenters. The van der Waals surface area contributed by atoms with Crippen LogP contribution in [-0.2, 0) is 9.53 Å². The maximum absolute atomic E-state index is 12.9. The van der Waals surface area contributed by atoms with Crippen LogP contribution >= 0.6 is 11.3 Å². The van der Waals surface area contributed by atoms with Gasteiger partial charge < -0.3 is 20.3 Å². The van der Waals surface area contributed by atoms with E-state index in [1.54, 1.807) is 17.9 Å². The number of ether oxygens (including phenoxy) is 1. The maximum Gasteiger partial charge on any atom is 0.348 e. The van der Waals surface area contributed by atoms with Gasteiger partial charge in [-0.25, -0.2) is 9.59 Å². The summed E-state index contributed by atoms with van der Waals surface area (Å²) in [5, 5.41) is 6.73. The molecular formula is C24H25N3O4S. The molecular weight excluding hydrogens is 426 g/mol. The molecule has 0 radical (unpaired) electrons. The number of nitrogens with one attached hydrogen (secondary N) is 2. The van der Waals surface area contributed by atoms with E-state index < -0.39 is 0 Å². The van der Waals surface area contributed by atoms with Gasteiger partial charge in [0.1, 0.15) is 4.88 Å². The lowest BCUT2D eigenvalue weighted by molar-refractivity contribution is -0.121. The molecule has 3 aromatic rings. The standard InChI is InChI=1S/C24H25N3O4S/c1-2-31-23(29)21-14-17-13-19(10-11-20(17)32-21)25-22(28)16-7-6-12-27(15-16)24(30)26-18-8-4-3-5-9-18/h3-5,8-11,13-14,16H,2,6-7,12,15H2,1H3,(H,25,28)(H,26,30). The highest BCUT2D eigenvalue weighted by molar-refractivity contribution is 7.20. The van der Waals surface area contributed by atoms with Crippen LogP contribution in [0.5, 0.6) is 0 Å². The van der Waals surface area contributed by atoms with Crippen LogP contribution in [0.1, 0.15) is 29.4 Å². The fourth-order valence-corrected chi connectivity index (χ4v) is 4.70. The zero-order chi connectivity index (χ0) is 22.5. The van der Waals surface area contributed by atoms with Crippen molar-refractivity contribution in [3.05, 3.63) is 59.5 Å². The number of benzene rings is 2. The zero-order valence-electron chi connectivity index (χ0n) is 17.8. The van der Waals surface area contributed by atoms with Gasteiger partial charge >= 0.3 is 12.0 Å². The summed E-state index contributed by atoms with van der Waals surface area (Å²) < 4.78 is 6.01. The van der Waals surface area contributed by atoms with E-state index in [1.165, 1.54) is 11.3 Å². The van der Waals surface area contributed by atoms with E-state index in [4.69, 9.17) is 4.74 Å². The van der Waals surface area contributed by atoms with Crippen molar-refractivity contribution in [2.45, 2.75) is 19.8 Å². The van der Waals surface area contributed by atoms with Crippen LogP contribution in [0.2, 0.25) is 0 Å². The average Bonchev–Trinajstić information content (AvgIpc) is 3.24.